The van der Waals surface area contributed by atoms with Gasteiger partial charge in [-0.25, -0.2) is 9.59 Å². The lowest BCUT2D eigenvalue weighted by Crippen LogP contribution is -2.39. The fraction of sp³-hybridized carbons (Fsp3) is 0.158. The quantitative estimate of drug-likeness (QED) is 0.617. The van der Waals surface area contributed by atoms with E-state index in [-0.39, 0.29) is 18.7 Å². The molecule has 0 aliphatic carbocycles. The molecule has 0 radical (unpaired) electrons. The molecule has 0 saturated carbocycles. The third kappa shape index (κ3) is 4.26. The molecule has 0 fully saturated rings. The van der Waals surface area contributed by atoms with Crippen molar-refractivity contribution in [2.24, 2.45) is 0 Å². The number of ether oxygens (including phenoxy) is 1. The number of rotatable bonds is 6. The number of carbonyl (C=O) groups excluding carboxylic acids is 2. The maximum Gasteiger partial charge on any atom is 0.338 e. The molecule has 2 aromatic heterocycles. The molecular formula is C19H17N3O5S. The van der Waals surface area contributed by atoms with Crippen molar-refractivity contribution in [2.75, 3.05) is 11.9 Å². The number of esters is 1. The van der Waals surface area contributed by atoms with Gasteiger partial charge in [0.2, 0.25) is 0 Å². The first-order chi connectivity index (χ1) is 13.5. The molecular weight excluding hydrogens is 382 g/mol. The summed E-state index contributed by atoms with van der Waals surface area (Å²) in [5.74, 6) is -1.12. The highest BCUT2D eigenvalue weighted by molar-refractivity contribution is 7.09. The van der Waals surface area contributed by atoms with Crippen LogP contribution in [-0.2, 0) is 11.3 Å². The number of hydrogen-bond donors (Lipinski definition) is 2. The van der Waals surface area contributed by atoms with Gasteiger partial charge in [-0.15, -0.1) is 11.3 Å². The molecule has 0 aliphatic rings. The number of H-pyrrole nitrogens is 1. The molecule has 2 N–H and O–H groups in total. The number of nitrogens with one attached hydrogen (secondary N) is 2. The van der Waals surface area contributed by atoms with Gasteiger partial charge in [0.1, 0.15) is 5.56 Å². The summed E-state index contributed by atoms with van der Waals surface area (Å²) in [5, 5.41) is 4.42. The number of carbonyl (C=O) groups is 2. The number of benzene rings is 1. The van der Waals surface area contributed by atoms with Gasteiger partial charge in [-0.1, -0.05) is 6.07 Å². The van der Waals surface area contributed by atoms with Crippen LogP contribution in [0.2, 0.25) is 0 Å². The first kappa shape index (κ1) is 19.3. The van der Waals surface area contributed by atoms with Gasteiger partial charge in [0, 0.05) is 16.8 Å². The average Bonchev–Trinajstić information content (AvgIpc) is 3.19. The third-order valence-electron chi connectivity index (χ3n) is 3.85. The van der Waals surface area contributed by atoms with Gasteiger partial charge in [-0.3, -0.25) is 14.2 Å². The maximum absolute atomic E-state index is 12.6. The molecule has 1 amide bonds. The number of anilines is 1. The summed E-state index contributed by atoms with van der Waals surface area (Å²) < 4.78 is 5.87. The molecule has 3 aromatic rings. The van der Waals surface area contributed by atoms with Crippen LogP contribution < -0.4 is 16.6 Å². The minimum absolute atomic E-state index is 0.0845. The highest BCUT2D eigenvalue weighted by atomic mass is 32.1. The molecule has 0 unspecified atom stereocenters. The van der Waals surface area contributed by atoms with Gasteiger partial charge in [-0.2, -0.15) is 0 Å². The fourth-order valence-corrected chi connectivity index (χ4v) is 3.17. The topological polar surface area (TPSA) is 110 Å². The van der Waals surface area contributed by atoms with Crippen molar-refractivity contribution in [3.05, 3.63) is 84.8 Å². The highest BCUT2D eigenvalue weighted by Crippen LogP contribution is 2.12. The van der Waals surface area contributed by atoms with Gasteiger partial charge < -0.3 is 15.0 Å². The number of nitrogens with zero attached hydrogens (tertiary/aromatic N) is 1. The van der Waals surface area contributed by atoms with E-state index in [1.165, 1.54) is 35.6 Å². The number of hydrogen-bond acceptors (Lipinski definition) is 6. The number of thiophene rings is 1. The fourth-order valence-electron chi connectivity index (χ4n) is 2.48. The molecule has 9 heteroatoms. The average molecular weight is 399 g/mol. The Bertz CT molecular complexity index is 1100. The molecule has 0 saturated heterocycles. The number of aromatic amines is 1. The van der Waals surface area contributed by atoms with Crippen molar-refractivity contribution in [2.45, 2.75) is 13.5 Å². The van der Waals surface area contributed by atoms with Crippen molar-refractivity contribution in [3.63, 3.8) is 0 Å². The molecule has 1 aromatic carbocycles. The van der Waals surface area contributed by atoms with Crippen LogP contribution in [0, 0.1) is 0 Å². The van der Waals surface area contributed by atoms with Crippen LogP contribution in [0.1, 0.15) is 32.5 Å². The SMILES string of the molecule is CCOC(=O)c1ccc(NC(=O)c2c[nH]c(=O)n(Cc3cccs3)c2=O)cc1. The predicted octanol–water partition coefficient (Wildman–Crippen LogP) is 2.08. The minimum atomic E-state index is -0.683. The summed E-state index contributed by atoms with van der Waals surface area (Å²) in [6.07, 6.45) is 1.10. The van der Waals surface area contributed by atoms with E-state index in [0.717, 1.165) is 15.6 Å². The van der Waals surface area contributed by atoms with E-state index in [0.29, 0.717) is 11.3 Å². The smallest absolute Gasteiger partial charge is 0.338 e. The Kier molecular flexibility index (Phi) is 5.85. The first-order valence-electron chi connectivity index (χ1n) is 8.43. The van der Waals surface area contributed by atoms with Crippen molar-refractivity contribution in [3.8, 4) is 0 Å². The van der Waals surface area contributed by atoms with Crippen LogP contribution in [-0.4, -0.2) is 28.0 Å². The van der Waals surface area contributed by atoms with E-state index >= 15 is 0 Å². The predicted molar refractivity (Wildman–Crippen MR) is 105 cm³/mol. The lowest BCUT2D eigenvalue weighted by Gasteiger charge is -2.08. The number of amides is 1. The second kappa shape index (κ2) is 8.49. The van der Waals surface area contributed by atoms with Gasteiger partial charge in [-0.05, 0) is 42.6 Å². The lowest BCUT2D eigenvalue weighted by atomic mass is 10.2. The Morgan fingerprint density at radius 2 is 1.93 bits per heavy atom. The van der Waals surface area contributed by atoms with Gasteiger partial charge in [0.25, 0.3) is 11.5 Å². The second-order valence-electron chi connectivity index (χ2n) is 5.73. The molecule has 0 atom stereocenters. The Morgan fingerprint density at radius 1 is 1.18 bits per heavy atom. The third-order valence-corrected chi connectivity index (χ3v) is 4.71. The lowest BCUT2D eigenvalue weighted by molar-refractivity contribution is 0.0526. The van der Waals surface area contributed by atoms with Gasteiger partial charge >= 0.3 is 11.7 Å². The summed E-state index contributed by atoms with van der Waals surface area (Å²) in [6, 6.07) is 9.69. The Balaban J connectivity index is 1.80. The summed E-state index contributed by atoms with van der Waals surface area (Å²) in [4.78, 5) is 52.0. The summed E-state index contributed by atoms with van der Waals surface area (Å²) in [7, 11) is 0. The number of aromatic nitrogens is 2. The zero-order valence-electron chi connectivity index (χ0n) is 14.9. The molecule has 0 bridgehead atoms. The van der Waals surface area contributed by atoms with E-state index < -0.39 is 23.1 Å². The first-order valence-corrected chi connectivity index (χ1v) is 9.31. The van der Waals surface area contributed by atoms with E-state index in [1.807, 2.05) is 11.4 Å². The van der Waals surface area contributed by atoms with Crippen LogP contribution in [0.5, 0.6) is 0 Å². The Hall–Kier alpha value is -3.46. The van der Waals surface area contributed by atoms with Crippen molar-refractivity contribution >= 4 is 28.9 Å². The van der Waals surface area contributed by atoms with Crippen LogP contribution in [0.3, 0.4) is 0 Å². The highest BCUT2D eigenvalue weighted by Gasteiger charge is 2.16. The van der Waals surface area contributed by atoms with Crippen LogP contribution in [0.15, 0.2) is 57.6 Å². The van der Waals surface area contributed by atoms with E-state index in [4.69, 9.17) is 4.74 Å². The van der Waals surface area contributed by atoms with Crippen molar-refractivity contribution < 1.29 is 14.3 Å². The van der Waals surface area contributed by atoms with Crippen molar-refractivity contribution in [1.29, 1.82) is 0 Å². The second-order valence-corrected chi connectivity index (χ2v) is 6.76. The maximum atomic E-state index is 12.6. The summed E-state index contributed by atoms with van der Waals surface area (Å²) in [5.41, 5.74) is -0.715. The molecule has 0 aliphatic heterocycles. The van der Waals surface area contributed by atoms with Gasteiger partial charge in [0.05, 0.1) is 18.7 Å². The molecule has 2 heterocycles. The monoisotopic (exact) mass is 399 g/mol. The molecule has 0 spiro atoms. The molecule has 8 nitrogen and oxygen atoms in total. The molecule has 28 heavy (non-hydrogen) atoms. The Labute approximate surface area is 163 Å². The van der Waals surface area contributed by atoms with E-state index in [1.54, 1.807) is 13.0 Å². The van der Waals surface area contributed by atoms with E-state index in [9.17, 15) is 19.2 Å². The standard InChI is InChI=1S/C19H17N3O5S/c1-2-27-18(25)12-5-7-13(8-6-12)21-16(23)15-10-20-19(26)22(17(15)24)11-14-4-3-9-28-14/h3-10H,2,11H2,1H3,(H,20,26)(H,21,23). The van der Waals surface area contributed by atoms with Crippen LogP contribution >= 0.6 is 11.3 Å². The molecule has 3 rings (SSSR count). The largest absolute Gasteiger partial charge is 0.462 e. The van der Waals surface area contributed by atoms with Crippen molar-refractivity contribution in [1.82, 2.24) is 9.55 Å². The Morgan fingerprint density at radius 3 is 2.57 bits per heavy atom. The molecule has 144 valence electrons. The minimum Gasteiger partial charge on any atom is -0.462 e. The zero-order chi connectivity index (χ0) is 20.1. The van der Waals surface area contributed by atoms with Crippen LogP contribution in [0.4, 0.5) is 5.69 Å². The summed E-state index contributed by atoms with van der Waals surface area (Å²) >= 11 is 1.41. The normalized spacial score (nSPS) is 10.5. The van der Waals surface area contributed by atoms with E-state index in [2.05, 4.69) is 10.3 Å². The van der Waals surface area contributed by atoms with Crippen LogP contribution in [0.25, 0.3) is 0 Å². The summed E-state index contributed by atoms with van der Waals surface area (Å²) in [6.45, 7) is 2.06. The zero-order valence-corrected chi connectivity index (χ0v) is 15.7. The van der Waals surface area contributed by atoms with Gasteiger partial charge in [0.15, 0.2) is 0 Å².